The van der Waals surface area contributed by atoms with Gasteiger partial charge in [0.15, 0.2) is 23.2 Å². The van der Waals surface area contributed by atoms with E-state index in [4.69, 9.17) is 24.5 Å². The first-order valence-corrected chi connectivity index (χ1v) is 11.1. The highest BCUT2D eigenvalue weighted by atomic mass is 16.7. The Morgan fingerprint density at radius 2 is 1.79 bits per heavy atom. The molecule has 0 aromatic heterocycles. The summed E-state index contributed by atoms with van der Waals surface area (Å²) in [4.78, 5) is 22.0. The van der Waals surface area contributed by atoms with Crippen LogP contribution in [-0.2, 0) is 9.63 Å². The summed E-state index contributed by atoms with van der Waals surface area (Å²) in [5.74, 6) is 2.23. The van der Waals surface area contributed by atoms with Gasteiger partial charge in [0, 0.05) is 6.08 Å². The minimum absolute atomic E-state index is 0.0649. The summed E-state index contributed by atoms with van der Waals surface area (Å²) in [6.45, 7) is 8.91. The normalized spacial score (nSPS) is 16.1. The van der Waals surface area contributed by atoms with Crippen LogP contribution in [0.5, 0.6) is 17.2 Å². The van der Waals surface area contributed by atoms with Gasteiger partial charge in [-0.05, 0) is 74.7 Å². The molecule has 4 rings (SSSR count). The van der Waals surface area contributed by atoms with Crippen LogP contribution < -0.4 is 14.2 Å². The lowest BCUT2D eigenvalue weighted by Gasteiger charge is -2.23. The summed E-state index contributed by atoms with van der Waals surface area (Å²) in [5.41, 5.74) is 3.20. The number of benzene rings is 2. The van der Waals surface area contributed by atoms with E-state index in [0.29, 0.717) is 48.5 Å². The van der Waals surface area contributed by atoms with Crippen LogP contribution in [-0.4, -0.2) is 42.5 Å². The second-order valence-electron chi connectivity index (χ2n) is 7.90. The van der Waals surface area contributed by atoms with Gasteiger partial charge < -0.3 is 19.0 Å². The van der Waals surface area contributed by atoms with Crippen molar-refractivity contribution < 1.29 is 23.8 Å². The van der Waals surface area contributed by atoms with Gasteiger partial charge in [-0.2, -0.15) is 4.99 Å². The first-order valence-electron chi connectivity index (χ1n) is 11.1. The van der Waals surface area contributed by atoms with Crippen molar-refractivity contribution in [2.75, 3.05) is 19.8 Å². The monoisotopic (exact) mass is 461 g/mol. The topological polar surface area (TPSA) is 93.4 Å². The molecule has 8 nitrogen and oxygen atoms in total. The predicted octanol–water partition coefficient (Wildman–Crippen LogP) is 4.61. The van der Waals surface area contributed by atoms with Gasteiger partial charge >= 0.3 is 0 Å². The molecule has 0 aliphatic carbocycles. The molecule has 2 aromatic rings. The number of nitrogens with zero attached hydrogens (tertiary/aromatic N) is 2. The van der Waals surface area contributed by atoms with Gasteiger partial charge in [-0.1, -0.05) is 12.1 Å². The number of carbonyl (C=O) groups is 1. The Bertz CT molecular complexity index is 1230. The van der Waals surface area contributed by atoms with Gasteiger partial charge in [0.25, 0.3) is 5.91 Å². The van der Waals surface area contributed by atoms with E-state index < -0.39 is 5.91 Å². The Morgan fingerprint density at radius 1 is 1.00 bits per heavy atom. The number of allylic oxidation sites excluding steroid dienone is 1. The number of amides is 1. The number of ether oxygens (including phenoxy) is 3. The van der Waals surface area contributed by atoms with E-state index in [1.54, 1.807) is 37.3 Å². The van der Waals surface area contributed by atoms with Gasteiger partial charge in [-0.3, -0.25) is 10.2 Å². The van der Waals surface area contributed by atoms with E-state index in [0.717, 1.165) is 5.75 Å². The first-order chi connectivity index (χ1) is 16.4. The Labute approximate surface area is 198 Å². The van der Waals surface area contributed by atoms with Gasteiger partial charge in [-0.15, -0.1) is 5.06 Å². The number of amidine groups is 2. The molecule has 2 aliphatic rings. The fraction of sp³-hybridized carbons (Fsp3) is 0.269. The van der Waals surface area contributed by atoms with Crippen molar-refractivity contribution >= 4 is 23.7 Å². The summed E-state index contributed by atoms with van der Waals surface area (Å²) in [5, 5.41) is 9.59. The van der Waals surface area contributed by atoms with Gasteiger partial charge in [-0.25, -0.2) is 0 Å². The molecule has 0 bridgehead atoms. The van der Waals surface area contributed by atoms with Crippen LogP contribution in [0.3, 0.4) is 0 Å². The van der Waals surface area contributed by atoms with Crippen LogP contribution in [0, 0.1) is 19.3 Å². The Morgan fingerprint density at radius 3 is 2.56 bits per heavy atom. The number of hydroxylamine groups is 2. The van der Waals surface area contributed by atoms with Gasteiger partial charge in [0.05, 0.1) is 12.2 Å². The second-order valence-corrected chi connectivity index (χ2v) is 7.90. The lowest BCUT2D eigenvalue weighted by Crippen LogP contribution is -2.38. The highest BCUT2D eigenvalue weighted by Gasteiger charge is 2.34. The van der Waals surface area contributed by atoms with E-state index in [-0.39, 0.29) is 11.4 Å². The third-order valence-corrected chi connectivity index (χ3v) is 5.35. The predicted molar refractivity (Wildman–Crippen MR) is 129 cm³/mol. The van der Waals surface area contributed by atoms with Gasteiger partial charge in [0.1, 0.15) is 24.7 Å². The van der Waals surface area contributed by atoms with Crippen LogP contribution >= 0.6 is 0 Å². The highest BCUT2D eigenvalue weighted by molar-refractivity contribution is 6.32. The summed E-state index contributed by atoms with van der Waals surface area (Å²) in [6.07, 6.45) is 3.21. The number of nitrogens with one attached hydrogen (secondary N) is 1. The van der Waals surface area contributed by atoms with Crippen LogP contribution in [0.4, 0.5) is 0 Å². The van der Waals surface area contributed by atoms with Crippen molar-refractivity contribution in [3.8, 4) is 17.2 Å². The zero-order valence-electron chi connectivity index (χ0n) is 19.7. The van der Waals surface area contributed by atoms with Crippen molar-refractivity contribution in [2.45, 2.75) is 27.7 Å². The maximum absolute atomic E-state index is 12.5. The smallest absolute Gasteiger partial charge is 0.282 e. The number of carbonyl (C=O) groups excluding carboxylic acids is 1. The molecule has 1 N–H and O–H groups in total. The zero-order valence-corrected chi connectivity index (χ0v) is 19.7. The summed E-state index contributed by atoms with van der Waals surface area (Å²) < 4.78 is 17.4. The molecule has 0 saturated heterocycles. The Balaban J connectivity index is 1.44. The number of hydrogen-bond donors (Lipinski definition) is 1. The van der Waals surface area contributed by atoms with Crippen molar-refractivity contribution in [2.24, 2.45) is 4.99 Å². The quantitative estimate of drug-likeness (QED) is 0.456. The van der Waals surface area contributed by atoms with Crippen molar-refractivity contribution in [1.82, 2.24) is 5.06 Å². The molecule has 34 heavy (non-hydrogen) atoms. The van der Waals surface area contributed by atoms with Crippen LogP contribution in [0.1, 0.15) is 30.5 Å². The summed E-state index contributed by atoms with van der Waals surface area (Å²) in [7, 11) is 0. The molecule has 8 heteroatoms. The minimum Gasteiger partial charge on any atom is -0.490 e. The number of hydrogen-bond acceptors (Lipinski definition) is 6. The number of aliphatic imine (C=N–C) groups is 1. The van der Waals surface area contributed by atoms with Crippen LogP contribution in [0.25, 0.3) is 6.08 Å². The fourth-order valence-electron chi connectivity index (χ4n) is 3.48. The van der Waals surface area contributed by atoms with E-state index in [9.17, 15) is 4.79 Å². The Hall–Kier alpha value is -4.07. The third kappa shape index (κ3) is 4.96. The third-order valence-electron chi connectivity index (χ3n) is 5.35. The van der Waals surface area contributed by atoms with Crippen molar-refractivity contribution in [3.63, 3.8) is 0 Å². The lowest BCUT2D eigenvalue weighted by molar-refractivity contribution is -0.114. The molecular formula is C26H27N3O5. The average Bonchev–Trinajstić information content (AvgIpc) is 3.18. The first kappa shape index (κ1) is 23.1. The minimum atomic E-state index is -0.493. The molecule has 176 valence electrons. The van der Waals surface area contributed by atoms with E-state index >= 15 is 0 Å². The molecule has 0 unspecified atom stereocenters. The SMILES string of the molecule is CCOc1cc(/C=C2/C(=N)N3OC(C)=CC3=NC2=O)ccc1OCCOc1ccc(C)c(C)c1. The molecule has 0 spiro atoms. The number of fused-ring (bicyclic) bond motifs is 1. The Kier molecular flexibility index (Phi) is 6.67. The molecule has 0 radical (unpaired) electrons. The van der Waals surface area contributed by atoms with E-state index in [2.05, 4.69) is 11.9 Å². The zero-order chi connectivity index (χ0) is 24.2. The van der Waals surface area contributed by atoms with Crippen molar-refractivity contribution in [1.29, 1.82) is 5.41 Å². The average molecular weight is 462 g/mol. The van der Waals surface area contributed by atoms with Gasteiger partial charge in [0.2, 0.25) is 0 Å². The highest BCUT2D eigenvalue weighted by Crippen LogP contribution is 2.31. The van der Waals surface area contributed by atoms with Crippen molar-refractivity contribution in [3.05, 3.63) is 70.5 Å². The van der Waals surface area contributed by atoms with E-state index in [1.165, 1.54) is 16.2 Å². The number of rotatable bonds is 8. The summed E-state index contributed by atoms with van der Waals surface area (Å²) >= 11 is 0. The maximum Gasteiger partial charge on any atom is 0.282 e. The molecular weight excluding hydrogens is 434 g/mol. The standard InChI is InChI=1S/C26H27N3O5/c1-5-31-23-15-19(14-21-25(27)29-24(28-26(21)30)13-18(4)34-29)7-9-22(23)33-11-10-32-20-8-6-16(2)17(3)12-20/h6-9,12-15,27H,5,10-11H2,1-4H3/b21-14-,27-25?. The molecule has 2 aliphatic heterocycles. The van der Waals surface area contributed by atoms with Crippen LogP contribution in [0.15, 0.2) is 58.8 Å². The fourth-order valence-corrected chi connectivity index (χ4v) is 3.48. The molecule has 2 aromatic carbocycles. The molecule has 0 saturated carbocycles. The number of aryl methyl sites for hydroxylation is 2. The van der Waals surface area contributed by atoms with Crippen LogP contribution in [0.2, 0.25) is 0 Å². The largest absolute Gasteiger partial charge is 0.490 e. The summed E-state index contributed by atoms with van der Waals surface area (Å²) in [6, 6.07) is 11.3. The lowest BCUT2D eigenvalue weighted by atomic mass is 10.1. The molecule has 0 fully saturated rings. The maximum atomic E-state index is 12.5. The van der Waals surface area contributed by atoms with E-state index in [1.807, 2.05) is 32.0 Å². The molecule has 2 heterocycles. The second kappa shape index (κ2) is 9.82. The molecule has 0 atom stereocenters. The molecule has 1 amide bonds.